The Morgan fingerprint density at radius 1 is 1.54 bits per heavy atom. The minimum Gasteiger partial charge on any atom is -0.463 e. The van der Waals surface area contributed by atoms with Gasteiger partial charge in [-0.25, -0.2) is 14.2 Å². The maximum absolute atomic E-state index is 15.2. The number of thiazole rings is 1. The Bertz CT molecular complexity index is 840. The van der Waals surface area contributed by atoms with E-state index in [0.717, 1.165) is 5.01 Å². The average molecular weight is 407 g/mol. The number of rotatable bonds is 5. The van der Waals surface area contributed by atoms with Crippen molar-refractivity contribution in [1.82, 2.24) is 20.5 Å². The molecule has 0 aromatic carbocycles. The number of halogens is 1. The van der Waals surface area contributed by atoms with Gasteiger partial charge in [-0.1, -0.05) is 0 Å². The van der Waals surface area contributed by atoms with Crippen molar-refractivity contribution in [1.29, 1.82) is 0 Å². The number of ether oxygens (including phenoxy) is 1. The van der Waals surface area contributed by atoms with Crippen LogP contribution in [0.3, 0.4) is 0 Å². The number of amidine groups is 1. The van der Waals surface area contributed by atoms with Crippen molar-refractivity contribution in [2.24, 2.45) is 10.9 Å². The third kappa shape index (κ3) is 3.53. The van der Waals surface area contributed by atoms with Crippen LogP contribution in [0.5, 0.6) is 0 Å². The van der Waals surface area contributed by atoms with Gasteiger partial charge in [0.2, 0.25) is 5.91 Å². The molecule has 8 nitrogen and oxygen atoms in total. The van der Waals surface area contributed by atoms with Crippen molar-refractivity contribution < 1.29 is 18.7 Å². The Balaban J connectivity index is 1.53. The lowest BCUT2D eigenvalue weighted by Gasteiger charge is -2.38. The summed E-state index contributed by atoms with van der Waals surface area (Å²) in [6, 6.07) is 0. The van der Waals surface area contributed by atoms with Gasteiger partial charge >= 0.3 is 5.97 Å². The van der Waals surface area contributed by atoms with Crippen LogP contribution in [0, 0.1) is 5.92 Å². The largest absolute Gasteiger partial charge is 0.463 e. The lowest BCUT2D eigenvalue weighted by atomic mass is 9.85. The first-order valence-electron chi connectivity index (χ1n) is 9.29. The Morgan fingerprint density at radius 3 is 3.14 bits per heavy atom. The van der Waals surface area contributed by atoms with Gasteiger partial charge in [-0.05, 0) is 19.9 Å². The second-order valence-electron chi connectivity index (χ2n) is 7.11. The van der Waals surface area contributed by atoms with Crippen LogP contribution in [0.15, 0.2) is 27.8 Å². The number of aliphatic imine (C=N–C) groups is 1. The van der Waals surface area contributed by atoms with E-state index in [4.69, 9.17) is 4.74 Å². The smallest absolute Gasteiger partial charge is 0.337 e. The highest BCUT2D eigenvalue weighted by molar-refractivity contribution is 7.11. The summed E-state index contributed by atoms with van der Waals surface area (Å²) in [7, 11) is 0. The van der Waals surface area contributed by atoms with Gasteiger partial charge in [0.15, 0.2) is 16.5 Å². The Hall–Kier alpha value is -2.33. The van der Waals surface area contributed by atoms with E-state index in [1.165, 1.54) is 11.3 Å². The fourth-order valence-electron chi connectivity index (χ4n) is 3.91. The third-order valence-electron chi connectivity index (χ3n) is 5.29. The van der Waals surface area contributed by atoms with Crippen molar-refractivity contribution in [3.05, 3.63) is 27.9 Å². The number of aromatic nitrogens is 1. The molecule has 28 heavy (non-hydrogen) atoms. The summed E-state index contributed by atoms with van der Waals surface area (Å²) in [4.78, 5) is 34.8. The summed E-state index contributed by atoms with van der Waals surface area (Å²) in [5.41, 5.74) is -0.475. The van der Waals surface area contributed by atoms with Crippen LogP contribution < -0.4 is 10.6 Å². The fourth-order valence-corrected chi connectivity index (χ4v) is 4.51. The molecule has 0 spiro atoms. The molecule has 2 unspecified atom stereocenters. The fraction of sp³-hybridized carbons (Fsp3) is 0.556. The highest BCUT2D eigenvalue weighted by Gasteiger charge is 2.52. The van der Waals surface area contributed by atoms with E-state index in [2.05, 4.69) is 20.6 Å². The quantitative estimate of drug-likeness (QED) is 0.689. The first-order valence-corrected chi connectivity index (χ1v) is 10.2. The predicted octanol–water partition coefficient (Wildman–Crippen LogP) is 0.470. The molecule has 2 atom stereocenters. The maximum Gasteiger partial charge on any atom is 0.337 e. The lowest BCUT2D eigenvalue weighted by Crippen LogP contribution is -2.53. The Labute approximate surface area is 165 Å². The SMILES string of the molecule is CCOC(=O)C1=C(CN2CCC3C(=O)NCC3(F)C2)NC(c2nccs2)=NC1. The summed E-state index contributed by atoms with van der Waals surface area (Å²) in [6.07, 6.45) is 2.15. The van der Waals surface area contributed by atoms with Crippen molar-refractivity contribution in [2.75, 3.05) is 39.3 Å². The zero-order valence-corrected chi connectivity index (χ0v) is 16.4. The van der Waals surface area contributed by atoms with E-state index in [1.807, 2.05) is 10.3 Å². The molecule has 0 bridgehead atoms. The van der Waals surface area contributed by atoms with Crippen LogP contribution in [0.2, 0.25) is 0 Å². The molecule has 1 amide bonds. The van der Waals surface area contributed by atoms with Crippen molar-refractivity contribution in [2.45, 2.75) is 19.0 Å². The van der Waals surface area contributed by atoms with E-state index in [1.54, 1.807) is 13.1 Å². The predicted molar refractivity (Wildman–Crippen MR) is 102 cm³/mol. The van der Waals surface area contributed by atoms with Gasteiger partial charge in [0.1, 0.15) is 0 Å². The first-order chi connectivity index (χ1) is 13.5. The molecule has 4 heterocycles. The molecule has 2 N–H and O–H groups in total. The van der Waals surface area contributed by atoms with Crippen molar-refractivity contribution >= 4 is 29.0 Å². The molecule has 0 aliphatic carbocycles. The highest BCUT2D eigenvalue weighted by atomic mass is 32.1. The number of hydrogen-bond donors (Lipinski definition) is 2. The molecule has 4 rings (SSSR count). The monoisotopic (exact) mass is 407 g/mol. The molecule has 1 aromatic rings. The summed E-state index contributed by atoms with van der Waals surface area (Å²) >= 11 is 1.45. The van der Waals surface area contributed by atoms with Gasteiger partial charge in [-0.2, -0.15) is 0 Å². The van der Waals surface area contributed by atoms with Gasteiger partial charge in [-0.15, -0.1) is 11.3 Å². The molecular weight excluding hydrogens is 385 g/mol. The van der Waals surface area contributed by atoms with E-state index in [9.17, 15) is 9.59 Å². The molecular formula is C18H22FN5O3S. The second kappa shape index (κ2) is 7.59. The maximum atomic E-state index is 15.2. The molecule has 2 saturated heterocycles. The van der Waals surface area contributed by atoms with Crippen molar-refractivity contribution in [3.8, 4) is 0 Å². The van der Waals surface area contributed by atoms with Crippen LogP contribution in [-0.2, 0) is 14.3 Å². The number of nitrogens with one attached hydrogen (secondary N) is 2. The lowest BCUT2D eigenvalue weighted by molar-refractivity contribution is -0.138. The van der Waals surface area contributed by atoms with Crippen LogP contribution in [-0.4, -0.2) is 72.6 Å². The average Bonchev–Trinajstić information content (AvgIpc) is 3.30. The Kier molecular flexibility index (Phi) is 5.15. The van der Waals surface area contributed by atoms with E-state index < -0.39 is 17.6 Å². The number of alkyl halides is 1. The molecule has 0 saturated carbocycles. The van der Waals surface area contributed by atoms with Crippen LogP contribution in [0.4, 0.5) is 4.39 Å². The summed E-state index contributed by atoms with van der Waals surface area (Å²) in [6.45, 7) is 3.32. The second-order valence-corrected chi connectivity index (χ2v) is 8.00. The molecule has 2 fully saturated rings. The van der Waals surface area contributed by atoms with Crippen LogP contribution >= 0.6 is 11.3 Å². The van der Waals surface area contributed by atoms with E-state index in [0.29, 0.717) is 36.6 Å². The van der Waals surface area contributed by atoms with Gasteiger partial charge in [0.25, 0.3) is 0 Å². The third-order valence-corrected chi connectivity index (χ3v) is 6.07. The molecule has 3 aliphatic heterocycles. The molecule has 3 aliphatic rings. The number of hydrogen-bond acceptors (Lipinski definition) is 8. The number of amides is 1. The minimum atomic E-state index is -1.57. The van der Waals surface area contributed by atoms with E-state index >= 15 is 4.39 Å². The normalized spacial score (nSPS) is 27.7. The molecule has 1 aromatic heterocycles. The number of fused-ring (bicyclic) bond motifs is 1. The molecule has 10 heteroatoms. The highest BCUT2D eigenvalue weighted by Crippen LogP contribution is 2.35. The standard InChI is InChI=1S/C18H22FN5O3S/c1-2-27-17(26)11-7-21-14(16-20-4-6-28-16)23-13(11)8-24-5-3-12-15(25)22-9-18(12,19)10-24/h4,6,12H,2-3,5,7-10H2,1H3,(H,21,23)(H,22,25). The number of esters is 1. The van der Waals surface area contributed by atoms with E-state index in [-0.39, 0.29) is 32.1 Å². The van der Waals surface area contributed by atoms with Gasteiger partial charge in [0, 0.05) is 30.4 Å². The number of likely N-dealkylation sites (tertiary alicyclic amines) is 1. The Morgan fingerprint density at radius 2 is 2.39 bits per heavy atom. The number of carbonyl (C=O) groups is 2. The summed E-state index contributed by atoms with van der Waals surface area (Å²) in [5, 5.41) is 8.41. The first kappa shape index (κ1) is 19.0. The number of nitrogens with zero attached hydrogens (tertiary/aromatic N) is 3. The molecule has 0 radical (unpaired) electrons. The molecule has 150 valence electrons. The van der Waals surface area contributed by atoms with Crippen molar-refractivity contribution in [3.63, 3.8) is 0 Å². The zero-order chi connectivity index (χ0) is 19.7. The number of piperidine rings is 1. The van der Waals surface area contributed by atoms with Gasteiger partial charge in [0.05, 0.1) is 31.2 Å². The number of carbonyl (C=O) groups excluding carboxylic acids is 2. The minimum absolute atomic E-state index is 0.0377. The zero-order valence-electron chi connectivity index (χ0n) is 15.5. The van der Waals surface area contributed by atoms with Gasteiger partial charge < -0.3 is 15.4 Å². The summed E-state index contributed by atoms with van der Waals surface area (Å²) in [5.74, 6) is -0.619. The topological polar surface area (TPSA) is 95.9 Å². The summed E-state index contributed by atoms with van der Waals surface area (Å²) < 4.78 is 20.4. The van der Waals surface area contributed by atoms with Crippen LogP contribution in [0.1, 0.15) is 18.4 Å². The van der Waals surface area contributed by atoms with Crippen LogP contribution in [0.25, 0.3) is 0 Å². The van der Waals surface area contributed by atoms with Gasteiger partial charge in [-0.3, -0.25) is 14.7 Å².